The zero-order valence-electron chi connectivity index (χ0n) is 9.64. The number of sulfone groups is 1. The van der Waals surface area contributed by atoms with Crippen molar-refractivity contribution >= 4 is 27.1 Å². The molecule has 0 aromatic heterocycles. The van der Waals surface area contributed by atoms with Crippen LogP contribution in [0.25, 0.3) is 0 Å². The fourth-order valence-electron chi connectivity index (χ4n) is 1.22. The molecule has 0 bridgehead atoms. The lowest BCUT2D eigenvalue weighted by atomic mass is 10.2. The Morgan fingerprint density at radius 2 is 2.00 bits per heavy atom. The molecule has 0 atom stereocenters. The summed E-state index contributed by atoms with van der Waals surface area (Å²) in [5.41, 5.74) is 6.61. The Hall–Kier alpha value is -1.56. The number of carbonyl (C=O) groups is 1. The van der Waals surface area contributed by atoms with Crippen LogP contribution >= 0.6 is 0 Å². The summed E-state index contributed by atoms with van der Waals surface area (Å²) < 4.78 is 22.4. The Kier molecular flexibility index (Phi) is 4.51. The molecule has 1 aromatic carbocycles. The molecule has 0 spiro atoms. The first-order chi connectivity index (χ1) is 7.94. The number of carbonyl (C=O) groups excluding carboxylic acids is 1. The monoisotopic (exact) mass is 256 g/mol. The van der Waals surface area contributed by atoms with Gasteiger partial charge in [0.1, 0.15) is 0 Å². The largest absolute Gasteiger partial charge is 0.397 e. The molecular formula is C11H16N2O3S. The van der Waals surface area contributed by atoms with E-state index in [1.807, 2.05) is 0 Å². The number of hydrogen-bond donors (Lipinski definition) is 2. The second-order valence-electron chi connectivity index (χ2n) is 3.62. The molecule has 0 fully saturated rings. The molecule has 0 aliphatic heterocycles. The second kappa shape index (κ2) is 5.67. The maximum absolute atomic E-state index is 11.5. The van der Waals surface area contributed by atoms with Crippen LogP contribution in [-0.2, 0) is 14.6 Å². The molecule has 3 N–H and O–H groups in total. The maximum atomic E-state index is 11.5. The van der Waals surface area contributed by atoms with Gasteiger partial charge in [-0.05, 0) is 12.1 Å². The summed E-state index contributed by atoms with van der Waals surface area (Å²) in [5.74, 6) is -0.435. The summed E-state index contributed by atoms with van der Waals surface area (Å²) in [6, 6.07) is 6.83. The van der Waals surface area contributed by atoms with E-state index in [4.69, 9.17) is 5.73 Å². The molecule has 17 heavy (non-hydrogen) atoms. The van der Waals surface area contributed by atoms with Crippen LogP contribution in [0.2, 0.25) is 0 Å². The molecule has 0 unspecified atom stereocenters. The van der Waals surface area contributed by atoms with Gasteiger partial charge >= 0.3 is 0 Å². The van der Waals surface area contributed by atoms with Gasteiger partial charge in [0.05, 0.1) is 17.1 Å². The molecule has 94 valence electrons. The number of para-hydroxylation sites is 2. The van der Waals surface area contributed by atoms with Crippen molar-refractivity contribution in [2.75, 3.05) is 22.6 Å². The third kappa shape index (κ3) is 4.44. The molecule has 0 radical (unpaired) electrons. The Labute approximate surface area is 101 Å². The molecule has 1 aromatic rings. The van der Waals surface area contributed by atoms with E-state index in [1.54, 1.807) is 31.2 Å². The lowest BCUT2D eigenvalue weighted by Gasteiger charge is -2.07. The SMILES string of the molecule is CCS(=O)(=O)CCC(=O)Nc1ccccc1N. The fourth-order valence-corrected chi connectivity index (χ4v) is 2.00. The molecule has 0 saturated carbocycles. The van der Waals surface area contributed by atoms with Gasteiger partial charge in [-0.1, -0.05) is 19.1 Å². The van der Waals surface area contributed by atoms with Crippen LogP contribution in [0.15, 0.2) is 24.3 Å². The van der Waals surface area contributed by atoms with Crippen molar-refractivity contribution in [1.29, 1.82) is 0 Å². The number of nitrogen functional groups attached to an aromatic ring is 1. The van der Waals surface area contributed by atoms with Gasteiger partial charge in [0.25, 0.3) is 0 Å². The lowest BCUT2D eigenvalue weighted by molar-refractivity contribution is -0.115. The highest BCUT2D eigenvalue weighted by Crippen LogP contribution is 2.16. The third-order valence-electron chi connectivity index (χ3n) is 2.31. The van der Waals surface area contributed by atoms with E-state index in [0.29, 0.717) is 11.4 Å². The maximum Gasteiger partial charge on any atom is 0.225 e. The van der Waals surface area contributed by atoms with E-state index >= 15 is 0 Å². The molecule has 0 heterocycles. The predicted octanol–water partition coefficient (Wildman–Crippen LogP) is 1.03. The van der Waals surface area contributed by atoms with E-state index in [1.165, 1.54) is 0 Å². The van der Waals surface area contributed by atoms with Gasteiger partial charge in [-0.15, -0.1) is 0 Å². The number of anilines is 2. The van der Waals surface area contributed by atoms with Crippen LogP contribution in [0.4, 0.5) is 11.4 Å². The molecule has 6 heteroatoms. The van der Waals surface area contributed by atoms with Crippen molar-refractivity contribution in [2.45, 2.75) is 13.3 Å². The first-order valence-electron chi connectivity index (χ1n) is 5.29. The van der Waals surface area contributed by atoms with Gasteiger partial charge in [-0.3, -0.25) is 4.79 Å². The highest BCUT2D eigenvalue weighted by molar-refractivity contribution is 7.91. The Bertz CT molecular complexity index is 497. The summed E-state index contributed by atoms with van der Waals surface area (Å²) in [6.45, 7) is 1.56. The van der Waals surface area contributed by atoms with E-state index in [0.717, 1.165) is 0 Å². The van der Waals surface area contributed by atoms with Gasteiger partial charge in [-0.25, -0.2) is 8.42 Å². The van der Waals surface area contributed by atoms with Crippen molar-refractivity contribution in [3.8, 4) is 0 Å². The van der Waals surface area contributed by atoms with Gasteiger partial charge in [0.2, 0.25) is 5.91 Å². The molecule has 0 aliphatic rings. The summed E-state index contributed by atoms with van der Waals surface area (Å²) in [6.07, 6.45) is -0.0511. The smallest absolute Gasteiger partial charge is 0.225 e. The van der Waals surface area contributed by atoms with E-state index in [2.05, 4.69) is 5.32 Å². The molecule has 1 amide bonds. The minimum atomic E-state index is -3.11. The zero-order chi connectivity index (χ0) is 12.9. The summed E-state index contributed by atoms with van der Waals surface area (Å²) in [7, 11) is -3.11. The number of benzene rings is 1. The minimum Gasteiger partial charge on any atom is -0.397 e. The van der Waals surface area contributed by atoms with Crippen LogP contribution in [-0.4, -0.2) is 25.8 Å². The first-order valence-corrected chi connectivity index (χ1v) is 7.11. The van der Waals surface area contributed by atoms with Crippen molar-refractivity contribution in [1.82, 2.24) is 0 Å². The molecule has 1 rings (SSSR count). The van der Waals surface area contributed by atoms with Gasteiger partial charge < -0.3 is 11.1 Å². The van der Waals surface area contributed by atoms with Crippen molar-refractivity contribution in [2.24, 2.45) is 0 Å². The summed E-state index contributed by atoms with van der Waals surface area (Å²) >= 11 is 0. The minimum absolute atomic E-state index is 0.0494. The standard InChI is InChI=1S/C11H16N2O3S/c1-2-17(15,16)8-7-11(14)13-10-6-4-3-5-9(10)12/h3-6H,2,7-8,12H2,1H3,(H,13,14). The highest BCUT2D eigenvalue weighted by Gasteiger charge is 2.11. The number of amides is 1. The molecule has 5 nitrogen and oxygen atoms in total. The van der Waals surface area contributed by atoms with E-state index < -0.39 is 9.84 Å². The Morgan fingerprint density at radius 3 is 2.59 bits per heavy atom. The van der Waals surface area contributed by atoms with E-state index in [-0.39, 0.29) is 23.8 Å². The number of nitrogens with two attached hydrogens (primary N) is 1. The second-order valence-corrected chi connectivity index (χ2v) is 6.09. The highest BCUT2D eigenvalue weighted by atomic mass is 32.2. The molecule has 0 aliphatic carbocycles. The predicted molar refractivity (Wildman–Crippen MR) is 68.4 cm³/mol. The van der Waals surface area contributed by atoms with Crippen LogP contribution in [0.5, 0.6) is 0 Å². The van der Waals surface area contributed by atoms with Crippen molar-refractivity contribution in [3.05, 3.63) is 24.3 Å². The normalized spacial score (nSPS) is 11.1. The summed E-state index contributed by atoms with van der Waals surface area (Å²) in [4.78, 5) is 11.5. The fraction of sp³-hybridized carbons (Fsp3) is 0.364. The van der Waals surface area contributed by atoms with Gasteiger partial charge in [0, 0.05) is 12.2 Å². The van der Waals surface area contributed by atoms with Gasteiger partial charge in [0.15, 0.2) is 9.84 Å². The molecule has 0 saturated heterocycles. The van der Waals surface area contributed by atoms with Gasteiger partial charge in [-0.2, -0.15) is 0 Å². The Balaban J connectivity index is 2.54. The van der Waals surface area contributed by atoms with Crippen LogP contribution in [0.3, 0.4) is 0 Å². The molecular weight excluding hydrogens is 240 g/mol. The third-order valence-corrected chi connectivity index (χ3v) is 4.02. The zero-order valence-corrected chi connectivity index (χ0v) is 10.5. The Morgan fingerprint density at radius 1 is 1.35 bits per heavy atom. The topological polar surface area (TPSA) is 89.3 Å². The van der Waals surface area contributed by atoms with Crippen molar-refractivity contribution in [3.63, 3.8) is 0 Å². The average Bonchev–Trinajstić information content (AvgIpc) is 2.30. The van der Waals surface area contributed by atoms with Crippen LogP contribution in [0, 0.1) is 0 Å². The number of rotatable bonds is 5. The summed E-state index contributed by atoms with van der Waals surface area (Å²) in [5, 5.41) is 2.58. The quantitative estimate of drug-likeness (QED) is 0.770. The average molecular weight is 256 g/mol. The van der Waals surface area contributed by atoms with Crippen LogP contribution in [0.1, 0.15) is 13.3 Å². The van der Waals surface area contributed by atoms with Crippen LogP contribution < -0.4 is 11.1 Å². The number of hydrogen-bond acceptors (Lipinski definition) is 4. The lowest BCUT2D eigenvalue weighted by Crippen LogP contribution is -2.18. The van der Waals surface area contributed by atoms with Crippen molar-refractivity contribution < 1.29 is 13.2 Å². The number of nitrogens with one attached hydrogen (secondary N) is 1. The van der Waals surface area contributed by atoms with E-state index in [9.17, 15) is 13.2 Å². The first kappa shape index (κ1) is 13.5.